The molecule has 3 heterocycles. The summed E-state index contributed by atoms with van der Waals surface area (Å²) in [7, 11) is 2.96. The number of methoxy groups -OCH3 is 2. The van der Waals surface area contributed by atoms with Gasteiger partial charge in [0.2, 0.25) is 0 Å². The van der Waals surface area contributed by atoms with Crippen LogP contribution in [0.1, 0.15) is 44.1 Å². The fourth-order valence-corrected chi connectivity index (χ4v) is 7.01. The second-order valence-electron chi connectivity index (χ2n) is 11.4. The van der Waals surface area contributed by atoms with E-state index in [-0.39, 0.29) is 25.3 Å². The number of nitrogens with one attached hydrogen (secondary N) is 1. The number of ether oxygens (including phenoxy) is 5. The number of aromatic nitrogens is 1. The van der Waals surface area contributed by atoms with Gasteiger partial charge < -0.3 is 44.0 Å². The lowest BCUT2D eigenvalue weighted by molar-refractivity contribution is -0.172. The lowest BCUT2D eigenvalue weighted by Crippen LogP contribution is -2.54. The van der Waals surface area contributed by atoms with Crippen molar-refractivity contribution in [2.45, 2.75) is 75.8 Å². The number of H-pyrrole nitrogens is 1. The Morgan fingerprint density at radius 3 is 2.66 bits per heavy atom. The number of esters is 2. The van der Waals surface area contributed by atoms with Crippen molar-refractivity contribution < 1.29 is 48.6 Å². The molecule has 0 amide bonds. The Morgan fingerprint density at radius 1 is 1.27 bits per heavy atom. The number of aromatic amines is 1. The van der Waals surface area contributed by atoms with E-state index >= 15 is 0 Å². The van der Waals surface area contributed by atoms with Gasteiger partial charge >= 0.3 is 11.9 Å². The molecule has 11 atom stereocenters. The molecule has 4 N–H and O–H groups in total. The SMILES string of the molecule is C/C=C\[C@@H]1C[C@H](O)C(=O)O[C@H]([C@H](O)COC)[C@H](C)/C=C(\C)[C@]12O[C@@H]1C[C@H]2[C@H](O)[C@@H](COC)[C@H]1OC(=O)c1ccc[nH]1. The molecule has 11 nitrogen and oxygen atoms in total. The van der Waals surface area contributed by atoms with Crippen molar-refractivity contribution >= 4 is 11.9 Å². The molecular formula is C30H43NO10. The first kappa shape index (κ1) is 31.4. The van der Waals surface area contributed by atoms with Gasteiger partial charge in [0.25, 0.3) is 0 Å². The van der Waals surface area contributed by atoms with Crippen molar-refractivity contribution in [3.63, 3.8) is 0 Å². The first-order valence-corrected chi connectivity index (χ1v) is 14.1. The fourth-order valence-electron chi connectivity index (χ4n) is 7.01. The van der Waals surface area contributed by atoms with Crippen LogP contribution in [0.3, 0.4) is 0 Å². The largest absolute Gasteiger partial charge is 0.457 e. The third-order valence-corrected chi connectivity index (χ3v) is 8.78. The van der Waals surface area contributed by atoms with Crippen LogP contribution in [0.4, 0.5) is 0 Å². The van der Waals surface area contributed by atoms with E-state index in [1.165, 1.54) is 14.2 Å². The summed E-state index contributed by atoms with van der Waals surface area (Å²) in [6, 6.07) is 3.31. The van der Waals surface area contributed by atoms with Gasteiger partial charge in [-0.25, -0.2) is 9.59 Å². The average molecular weight is 578 g/mol. The lowest BCUT2D eigenvalue weighted by Gasteiger charge is -2.45. The minimum absolute atomic E-state index is 0.0480. The zero-order chi connectivity index (χ0) is 29.9. The van der Waals surface area contributed by atoms with Crippen LogP contribution in [0.15, 0.2) is 42.1 Å². The van der Waals surface area contributed by atoms with Crippen LogP contribution in [0, 0.1) is 23.7 Å². The summed E-state index contributed by atoms with van der Waals surface area (Å²) in [5.41, 5.74) is -0.116. The van der Waals surface area contributed by atoms with Crippen molar-refractivity contribution in [1.29, 1.82) is 0 Å². The van der Waals surface area contributed by atoms with E-state index in [2.05, 4.69) is 4.98 Å². The first-order valence-electron chi connectivity index (χ1n) is 14.1. The molecule has 2 bridgehead atoms. The molecule has 228 valence electrons. The molecule has 3 aliphatic rings. The lowest BCUT2D eigenvalue weighted by atomic mass is 9.63. The number of carbonyl (C=O) groups is 2. The summed E-state index contributed by atoms with van der Waals surface area (Å²) in [5, 5.41) is 33.6. The van der Waals surface area contributed by atoms with Crippen LogP contribution in [-0.4, -0.2) is 102 Å². The predicted molar refractivity (Wildman–Crippen MR) is 147 cm³/mol. The number of allylic oxidation sites excluding steroid dienone is 1. The van der Waals surface area contributed by atoms with Crippen LogP contribution in [0.5, 0.6) is 0 Å². The summed E-state index contributed by atoms with van der Waals surface area (Å²) in [4.78, 5) is 28.9. The minimum Gasteiger partial charge on any atom is -0.457 e. The van der Waals surface area contributed by atoms with Gasteiger partial charge in [0.05, 0.1) is 25.4 Å². The molecule has 1 spiro atoms. The average Bonchev–Trinajstić information content (AvgIpc) is 3.60. The smallest absolute Gasteiger partial charge is 0.355 e. The Balaban J connectivity index is 1.80. The van der Waals surface area contributed by atoms with Gasteiger partial charge in [0, 0.05) is 44.1 Å². The Morgan fingerprint density at radius 2 is 2.02 bits per heavy atom. The van der Waals surface area contributed by atoms with E-state index in [1.807, 2.05) is 32.1 Å². The van der Waals surface area contributed by atoms with Crippen molar-refractivity contribution in [2.24, 2.45) is 23.7 Å². The second-order valence-corrected chi connectivity index (χ2v) is 11.4. The number of hydrogen-bond donors (Lipinski definition) is 4. The summed E-state index contributed by atoms with van der Waals surface area (Å²) >= 11 is 0. The molecule has 1 saturated heterocycles. The van der Waals surface area contributed by atoms with Crippen molar-refractivity contribution in [3.8, 4) is 0 Å². The zero-order valence-electron chi connectivity index (χ0n) is 24.3. The number of cyclic esters (lactones) is 1. The van der Waals surface area contributed by atoms with Crippen LogP contribution in [0.25, 0.3) is 0 Å². The maximum absolute atomic E-state index is 13.0. The highest BCUT2D eigenvalue weighted by Gasteiger charge is 2.64. The van der Waals surface area contributed by atoms with Gasteiger partial charge in [-0.3, -0.25) is 0 Å². The van der Waals surface area contributed by atoms with Crippen molar-refractivity contribution in [3.05, 3.63) is 47.8 Å². The van der Waals surface area contributed by atoms with Crippen LogP contribution in [-0.2, 0) is 28.5 Å². The monoisotopic (exact) mass is 577 g/mol. The van der Waals surface area contributed by atoms with E-state index < -0.39 is 77.8 Å². The number of aliphatic hydroxyl groups excluding tert-OH is 3. The quantitative estimate of drug-likeness (QED) is 0.265. The van der Waals surface area contributed by atoms with Gasteiger partial charge in [-0.1, -0.05) is 25.2 Å². The van der Waals surface area contributed by atoms with E-state index in [4.69, 9.17) is 23.7 Å². The number of hydrogen-bond acceptors (Lipinski definition) is 10. The third-order valence-electron chi connectivity index (χ3n) is 8.78. The summed E-state index contributed by atoms with van der Waals surface area (Å²) in [6.07, 6.45) is 1.53. The molecule has 2 aliphatic heterocycles. The Hall–Kier alpha value is -2.54. The molecule has 1 aromatic rings. The Kier molecular flexibility index (Phi) is 10.1. The fraction of sp³-hybridized carbons (Fsp3) is 0.667. The molecule has 11 heteroatoms. The Bertz CT molecular complexity index is 1100. The highest BCUT2D eigenvalue weighted by molar-refractivity contribution is 5.87. The molecule has 1 aliphatic carbocycles. The normalized spacial score (nSPS) is 39.8. The van der Waals surface area contributed by atoms with E-state index in [0.29, 0.717) is 6.42 Å². The van der Waals surface area contributed by atoms with Crippen molar-refractivity contribution in [1.82, 2.24) is 4.98 Å². The van der Waals surface area contributed by atoms with E-state index in [0.717, 1.165) is 5.57 Å². The maximum Gasteiger partial charge on any atom is 0.355 e. The second kappa shape index (κ2) is 13.2. The molecule has 2 fully saturated rings. The third kappa shape index (κ3) is 6.02. The first-order chi connectivity index (χ1) is 19.6. The van der Waals surface area contributed by atoms with Crippen LogP contribution in [0.2, 0.25) is 0 Å². The highest BCUT2D eigenvalue weighted by Crippen LogP contribution is 2.56. The van der Waals surface area contributed by atoms with E-state index in [9.17, 15) is 24.9 Å². The molecular weight excluding hydrogens is 534 g/mol. The summed E-state index contributed by atoms with van der Waals surface area (Å²) in [5.74, 6) is -3.50. The summed E-state index contributed by atoms with van der Waals surface area (Å²) in [6.45, 7) is 5.59. The molecule has 0 unspecified atom stereocenters. The van der Waals surface area contributed by atoms with Gasteiger partial charge in [-0.2, -0.15) is 0 Å². The number of rotatable bonds is 8. The van der Waals surface area contributed by atoms with Gasteiger partial charge in [0.15, 0.2) is 6.10 Å². The summed E-state index contributed by atoms with van der Waals surface area (Å²) < 4.78 is 29.0. The van der Waals surface area contributed by atoms with Gasteiger partial charge in [-0.15, -0.1) is 0 Å². The predicted octanol–water partition coefficient (Wildman–Crippen LogP) is 1.78. The zero-order valence-corrected chi connectivity index (χ0v) is 24.3. The Labute approximate surface area is 240 Å². The topological polar surface area (TPSA) is 157 Å². The molecule has 1 saturated carbocycles. The van der Waals surface area contributed by atoms with Gasteiger partial charge in [0.1, 0.15) is 29.6 Å². The van der Waals surface area contributed by atoms with E-state index in [1.54, 1.807) is 25.3 Å². The molecule has 0 aromatic carbocycles. The standard InChI is InChI=1S/C30H43NO10/c1-6-8-18-12-22(32)29(36)39-26(23(33)15-38-5)16(2)11-17(3)30(18)20-13-24(41-30)27(19(14-37-4)25(20)34)40-28(35)21-9-7-10-31-21/h6-11,16,18-20,22-27,31-34H,12-15H2,1-5H3/b8-6-,17-11+/t16-,18-,19-,20+,22+,23-,24-,25-,26+,27-,30+/m1/s1. The molecule has 1 aromatic heterocycles. The highest BCUT2D eigenvalue weighted by atomic mass is 16.6. The van der Waals surface area contributed by atoms with Crippen molar-refractivity contribution in [2.75, 3.05) is 27.4 Å². The molecule has 41 heavy (non-hydrogen) atoms. The maximum atomic E-state index is 13.0. The van der Waals surface area contributed by atoms with Gasteiger partial charge in [-0.05, 0) is 44.4 Å². The molecule has 4 rings (SSSR count). The number of aliphatic hydroxyl groups is 3. The minimum atomic E-state index is -1.51. The molecule has 0 radical (unpaired) electrons. The van der Waals surface area contributed by atoms with Crippen LogP contribution < -0.4 is 0 Å². The van der Waals surface area contributed by atoms with Crippen LogP contribution >= 0.6 is 0 Å². The number of fused-ring (bicyclic) bond motifs is 3. The number of carbonyl (C=O) groups excluding carboxylic acids is 2.